The van der Waals surface area contributed by atoms with Crippen LogP contribution in [-0.2, 0) is 15.3 Å². The molecule has 0 radical (unpaired) electrons. The van der Waals surface area contributed by atoms with Crippen LogP contribution in [0.15, 0.2) is 30.3 Å². The number of hydrogen-bond acceptors (Lipinski definition) is 3. The molecule has 1 aromatic carbocycles. The van der Waals surface area contributed by atoms with Gasteiger partial charge in [0.1, 0.15) is 0 Å². The predicted molar refractivity (Wildman–Crippen MR) is 97.6 cm³/mol. The van der Waals surface area contributed by atoms with E-state index >= 15 is 0 Å². The van der Waals surface area contributed by atoms with Gasteiger partial charge in [-0.15, -0.1) is 11.8 Å². The number of ether oxygens (including phenoxy) is 1. The number of thioether (sulfide) groups is 1. The van der Waals surface area contributed by atoms with Crippen LogP contribution in [0.2, 0.25) is 0 Å². The molecule has 1 fully saturated rings. The Balaban J connectivity index is 1.70. The summed E-state index contributed by atoms with van der Waals surface area (Å²) < 4.78 is 5.90. The molecule has 0 aliphatic carbocycles. The fourth-order valence-corrected chi connectivity index (χ4v) is 3.59. The second kappa shape index (κ2) is 9.33. The van der Waals surface area contributed by atoms with Gasteiger partial charge < -0.3 is 9.64 Å². The number of carbonyl (C=O) groups is 1. The van der Waals surface area contributed by atoms with Gasteiger partial charge in [-0.3, -0.25) is 4.79 Å². The molecule has 0 aromatic heterocycles. The molecule has 1 aliphatic rings. The number of rotatable bonds is 8. The summed E-state index contributed by atoms with van der Waals surface area (Å²) in [6.45, 7) is 8.83. The van der Waals surface area contributed by atoms with E-state index < -0.39 is 0 Å². The minimum absolute atomic E-state index is 0.00428. The van der Waals surface area contributed by atoms with Crippen molar-refractivity contribution in [2.45, 2.75) is 50.7 Å². The molecule has 0 bridgehead atoms. The van der Waals surface area contributed by atoms with Crippen LogP contribution < -0.4 is 0 Å². The molecule has 4 heteroatoms. The zero-order chi connectivity index (χ0) is 16.7. The van der Waals surface area contributed by atoms with E-state index in [1.165, 1.54) is 5.56 Å². The van der Waals surface area contributed by atoms with Crippen molar-refractivity contribution < 1.29 is 9.53 Å². The Morgan fingerprint density at radius 3 is 2.74 bits per heavy atom. The smallest absolute Gasteiger partial charge is 0.235 e. The minimum Gasteiger partial charge on any atom is -0.376 e. The molecule has 0 spiro atoms. The number of amides is 1. The van der Waals surface area contributed by atoms with Crippen molar-refractivity contribution in [2.24, 2.45) is 5.92 Å². The van der Waals surface area contributed by atoms with Crippen LogP contribution in [-0.4, -0.2) is 41.9 Å². The molecular formula is C19H29NO2S. The third-order valence-corrected chi connectivity index (χ3v) is 5.40. The van der Waals surface area contributed by atoms with Crippen LogP contribution in [0.3, 0.4) is 0 Å². The third kappa shape index (κ3) is 6.19. The molecule has 3 nitrogen and oxygen atoms in total. The normalized spacial score (nSPS) is 19.3. The summed E-state index contributed by atoms with van der Waals surface area (Å²) >= 11 is 1.72. The lowest BCUT2D eigenvalue weighted by molar-refractivity contribution is -0.129. The van der Waals surface area contributed by atoms with E-state index in [2.05, 4.69) is 26.0 Å². The Labute approximate surface area is 144 Å². The summed E-state index contributed by atoms with van der Waals surface area (Å²) in [5.41, 5.74) is 1.27. The fourth-order valence-electron chi connectivity index (χ4n) is 2.66. The van der Waals surface area contributed by atoms with E-state index in [1.807, 2.05) is 30.0 Å². The first-order valence-corrected chi connectivity index (χ1v) is 9.67. The predicted octanol–water partition coefficient (Wildman–Crippen LogP) is 3.97. The van der Waals surface area contributed by atoms with Gasteiger partial charge in [0.2, 0.25) is 5.91 Å². The van der Waals surface area contributed by atoms with Crippen LogP contribution >= 0.6 is 11.8 Å². The van der Waals surface area contributed by atoms with Gasteiger partial charge in [0, 0.05) is 25.4 Å². The molecule has 128 valence electrons. The van der Waals surface area contributed by atoms with Gasteiger partial charge in [-0.25, -0.2) is 0 Å². The Kier molecular flexibility index (Phi) is 7.44. The van der Waals surface area contributed by atoms with E-state index in [0.717, 1.165) is 38.3 Å². The first-order valence-electron chi connectivity index (χ1n) is 8.62. The fraction of sp³-hybridized carbons (Fsp3) is 0.632. The van der Waals surface area contributed by atoms with Crippen molar-refractivity contribution in [3.05, 3.63) is 35.9 Å². The van der Waals surface area contributed by atoms with E-state index in [1.54, 1.807) is 11.8 Å². The van der Waals surface area contributed by atoms with Crippen LogP contribution in [0.1, 0.15) is 39.2 Å². The maximum Gasteiger partial charge on any atom is 0.235 e. The zero-order valence-corrected chi connectivity index (χ0v) is 15.3. The van der Waals surface area contributed by atoms with E-state index in [0.29, 0.717) is 5.92 Å². The van der Waals surface area contributed by atoms with Gasteiger partial charge in [0.15, 0.2) is 0 Å². The molecule has 0 N–H and O–H groups in total. The lowest BCUT2D eigenvalue weighted by atomic mass is 10.1. The van der Waals surface area contributed by atoms with Crippen molar-refractivity contribution in [3.63, 3.8) is 0 Å². The summed E-state index contributed by atoms with van der Waals surface area (Å²) in [5.74, 6) is 1.81. The SMILES string of the molecule is CC(C)CCO[C@@H]1CCN(C(=O)[C@@H](C)SCc2ccccc2)C1. The van der Waals surface area contributed by atoms with Gasteiger partial charge in [0.25, 0.3) is 0 Å². The Morgan fingerprint density at radius 1 is 1.30 bits per heavy atom. The maximum absolute atomic E-state index is 12.5. The Morgan fingerprint density at radius 2 is 2.04 bits per heavy atom. The largest absolute Gasteiger partial charge is 0.376 e. The first kappa shape index (κ1) is 18.3. The molecule has 1 saturated heterocycles. The van der Waals surface area contributed by atoms with Gasteiger partial charge in [0.05, 0.1) is 11.4 Å². The number of carbonyl (C=O) groups excluding carboxylic acids is 1. The molecule has 0 saturated carbocycles. The van der Waals surface area contributed by atoms with Gasteiger partial charge >= 0.3 is 0 Å². The van der Waals surface area contributed by atoms with Crippen molar-refractivity contribution in [2.75, 3.05) is 19.7 Å². The molecule has 1 aromatic rings. The summed E-state index contributed by atoms with van der Waals surface area (Å²) in [4.78, 5) is 14.5. The van der Waals surface area contributed by atoms with E-state index in [4.69, 9.17) is 4.74 Å². The van der Waals surface area contributed by atoms with Crippen molar-refractivity contribution >= 4 is 17.7 Å². The topological polar surface area (TPSA) is 29.5 Å². The lowest BCUT2D eigenvalue weighted by Crippen LogP contribution is -2.35. The maximum atomic E-state index is 12.5. The lowest BCUT2D eigenvalue weighted by Gasteiger charge is -2.21. The Bertz CT molecular complexity index is 478. The van der Waals surface area contributed by atoms with E-state index in [9.17, 15) is 4.79 Å². The zero-order valence-electron chi connectivity index (χ0n) is 14.5. The molecule has 1 amide bonds. The average molecular weight is 336 g/mol. The molecule has 1 heterocycles. The van der Waals surface area contributed by atoms with Crippen LogP contribution in [0.25, 0.3) is 0 Å². The summed E-state index contributed by atoms with van der Waals surface area (Å²) in [6, 6.07) is 10.3. The quantitative estimate of drug-likeness (QED) is 0.720. The third-order valence-electron chi connectivity index (χ3n) is 4.20. The molecular weight excluding hydrogens is 306 g/mol. The molecule has 23 heavy (non-hydrogen) atoms. The van der Waals surface area contributed by atoms with E-state index in [-0.39, 0.29) is 17.3 Å². The summed E-state index contributed by atoms with van der Waals surface area (Å²) in [6.07, 6.45) is 2.29. The highest BCUT2D eigenvalue weighted by Gasteiger charge is 2.29. The standard InChI is InChI=1S/C19H29NO2S/c1-15(2)10-12-22-18-9-11-20(13-18)19(21)16(3)23-14-17-7-5-4-6-8-17/h4-8,15-16,18H,9-14H2,1-3H3/t16-,18-/m1/s1. The highest BCUT2D eigenvalue weighted by molar-refractivity contribution is 7.99. The highest BCUT2D eigenvalue weighted by atomic mass is 32.2. The van der Waals surface area contributed by atoms with Crippen LogP contribution in [0, 0.1) is 5.92 Å². The highest BCUT2D eigenvalue weighted by Crippen LogP contribution is 2.22. The number of benzene rings is 1. The second-order valence-corrected chi connectivity index (χ2v) is 8.02. The van der Waals surface area contributed by atoms with Gasteiger partial charge in [-0.1, -0.05) is 44.2 Å². The summed E-state index contributed by atoms with van der Waals surface area (Å²) in [5, 5.41) is 0.00428. The van der Waals surface area contributed by atoms with Crippen molar-refractivity contribution in [1.82, 2.24) is 4.90 Å². The molecule has 0 unspecified atom stereocenters. The molecule has 1 aliphatic heterocycles. The van der Waals surface area contributed by atoms with Crippen molar-refractivity contribution in [3.8, 4) is 0 Å². The molecule has 2 rings (SSSR count). The molecule has 2 atom stereocenters. The van der Waals surface area contributed by atoms with Crippen LogP contribution in [0.4, 0.5) is 0 Å². The minimum atomic E-state index is 0.00428. The van der Waals surface area contributed by atoms with Crippen molar-refractivity contribution in [1.29, 1.82) is 0 Å². The van der Waals surface area contributed by atoms with Gasteiger partial charge in [-0.05, 0) is 31.2 Å². The number of hydrogen-bond donors (Lipinski definition) is 0. The first-order chi connectivity index (χ1) is 11.1. The Hall–Kier alpha value is -1.00. The summed E-state index contributed by atoms with van der Waals surface area (Å²) in [7, 11) is 0. The number of nitrogens with zero attached hydrogens (tertiary/aromatic N) is 1. The average Bonchev–Trinajstić information content (AvgIpc) is 3.01. The second-order valence-electron chi connectivity index (χ2n) is 6.69. The number of likely N-dealkylation sites (tertiary alicyclic amines) is 1. The van der Waals surface area contributed by atoms with Crippen LogP contribution in [0.5, 0.6) is 0 Å². The monoisotopic (exact) mass is 335 g/mol. The van der Waals surface area contributed by atoms with Gasteiger partial charge in [-0.2, -0.15) is 0 Å².